The summed E-state index contributed by atoms with van der Waals surface area (Å²) < 4.78 is 0. The number of hydrogen-bond acceptors (Lipinski definition) is 3. The highest BCUT2D eigenvalue weighted by atomic mass is 16.1. The smallest absolute Gasteiger partial charge is 0.237 e. The topological polar surface area (TPSA) is 58.4 Å². The molecule has 0 aromatic carbocycles. The Morgan fingerprint density at radius 1 is 1.29 bits per heavy atom. The zero-order valence-electron chi connectivity index (χ0n) is 14.1. The summed E-state index contributed by atoms with van der Waals surface area (Å²) >= 11 is 0. The molecule has 1 aliphatic heterocycles. The van der Waals surface area contributed by atoms with Crippen LogP contribution in [0.25, 0.3) is 0 Å². The molecule has 21 heavy (non-hydrogen) atoms. The first kappa shape index (κ1) is 16.8. The van der Waals surface area contributed by atoms with E-state index in [2.05, 4.69) is 31.0 Å². The molecule has 1 heterocycles. The third-order valence-corrected chi connectivity index (χ3v) is 6.09. The summed E-state index contributed by atoms with van der Waals surface area (Å²) in [5.41, 5.74) is 5.78. The van der Waals surface area contributed by atoms with Crippen LogP contribution in [0.5, 0.6) is 0 Å². The highest BCUT2D eigenvalue weighted by Crippen LogP contribution is 2.38. The number of likely N-dealkylation sites (N-methyl/N-ethyl adjacent to an activating group) is 1. The number of carbonyl (C=O) groups is 1. The fraction of sp³-hybridized carbons (Fsp3) is 0.941. The summed E-state index contributed by atoms with van der Waals surface area (Å²) in [6.45, 7) is 9.94. The number of nitrogens with zero attached hydrogens (tertiary/aromatic N) is 1. The maximum absolute atomic E-state index is 12.0. The Balaban J connectivity index is 2.00. The molecular weight excluding hydrogens is 262 g/mol. The van der Waals surface area contributed by atoms with Gasteiger partial charge in [0, 0.05) is 6.04 Å². The summed E-state index contributed by atoms with van der Waals surface area (Å²) in [5.74, 6) is -0.163. The minimum atomic E-state index is -0.469. The lowest BCUT2D eigenvalue weighted by atomic mass is 9.74. The maximum Gasteiger partial charge on any atom is 0.237 e. The third-order valence-electron chi connectivity index (χ3n) is 6.09. The van der Waals surface area contributed by atoms with Crippen LogP contribution in [0.1, 0.15) is 65.7 Å². The SMILES string of the molecule is CCNC1(C(N)=O)CCCC(N2CCC(C)(CC)CC2)C1. The molecule has 4 nitrogen and oxygen atoms in total. The molecule has 2 aliphatic rings. The minimum Gasteiger partial charge on any atom is -0.368 e. The summed E-state index contributed by atoms with van der Waals surface area (Å²) in [6, 6.07) is 0.520. The molecule has 2 fully saturated rings. The summed E-state index contributed by atoms with van der Waals surface area (Å²) in [4.78, 5) is 14.6. The number of hydrogen-bond donors (Lipinski definition) is 2. The predicted octanol–water partition coefficient (Wildman–Crippen LogP) is 2.27. The number of amides is 1. The van der Waals surface area contributed by atoms with Crippen molar-refractivity contribution in [1.29, 1.82) is 0 Å². The molecule has 2 rings (SSSR count). The number of carbonyl (C=O) groups excluding carboxylic acids is 1. The second kappa shape index (κ2) is 6.66. The van der Waals surface area contributed by atoms with E-state index in [1.54, 1.807) is 0 Å². The van der Waals surface area contributed by atoms with Crippen LogP contribution in [0.4, 0.5) is 0 Å². The van der Waals surface area contributed by atoms with Crippen molar-refractivity contribution in [2.75, 3.05) is 19.6 Å². The molecule has 2 unspecified atom stereocenters. The van der Waals surface area contributed by atoms with Gasteiger partial charge in [0.05, 0.1) is 5.54 Å². The number of rotatable bonds is 5. The molecule has 0 bridgehead atoms. The van der Waals surface area contributed by atoms with Gasteiger partial charge in [0.25, 0.3) is 0 Å². The highest BCUT2D eigenvalue weighted by molar-refractivity contribution is 5.84. The van der Waals surface area contributed by atoms with Crippen molar-refractivity contribution in [2.24, 2.45) is 11.1 Å². The molecule has 1 saturated carbocycles. The van der Waals surface area contributed by atoms with E-state index in [0.29, 0.717) is 11.5 Å². The van der Waals surface area contributed by atoms with Gasteiger partial charge in [0.1, 0.15) is 0 Å². The van der Waals surface area contributed by atoms with E-state index in [1.165, 1.54) is 38.8 Å². The Labute approximate surface area is 129 Å². The molecule has 0 aromatic rings. The van der Waals surface area contributed by atoms with Crippen LogP contribution >= 0.6 is 0 Å². The Kier molecular flexibility index (Phi) is 5.31. The predicted molar refractivity (Wildman–Crippen MR) is 87.1 cm³/mol. The van der Waals surface area contributed by atoms with Crippen LogP contribution in [-0.2, 0) is 4.79 Å². The number of nitrogens with one attached hydrogen (secondary N) is 1. The molecular formula is C17H33N3O. The van der Waals surface area contributed by atoms with Gasteiger partial charge in [0.15, 0.2) is 0 Å². The molecule has 0 aromatic heterocycles. The van der Waals surface area contributed by atoms with Gasteiger partial charge in [-0.15, -0.1) is 0 Å². The summed E-state index contributed by atoms with van der Waals surface area (Å²) in [6.07, 6.45) is 7.93. The van der Waals surface area contributed by atoms with Crippen molar-refractivity contribution in [2.45, 2.75) is 77.3 Å². The maximum atomic E-state index is 12.0. The first-order valence-corrected chi connectivity index (χ1v) is 8.74. The van der Waals surface area contributed by atoms with E-state index >= 15 is 0 Å². The first-order valence-electron chi connectivity index (χ1n) is 8.74. The molecule has 0 radical (unpaired) electrons. The lowest BCUT2D eigenvalue weighted by Gasteiger charge is -2.47. The number of piperidine rings is 1. The van der Waals surface area contributed by atoms with E-state index in [-0.39, 0.29) is 5.91 Å². The molecule has 4 heteroatoms. The quantitative estimate of drug-likeness (QED) is 0.818. The van der Waals surface area contributed by atoms with Gasteiger partial charge < -0.3 is 16.0 Å². The Hall–Kier alpha value is -0.610. The van der Waals surface area contributed by atoms with Crippen LogP contribution in [0.2, 0.25) is 0 Å². The standard InChI is InChI=1S/C17H33N3O/c1-4-16(3)9-11-20(12-10-16)14-7-6-8-17(13-14,15(18)21)19-5-2/h14,19H,4-13H2,1-3H3,(H2,18,21). The molecule has 1 saturated heterocycles. The van der Waals surface area contributed by atoms with Crippen LogP contribution < -0.4 is 11.1 Å². The van der Waals surface area contributed by atoms with Crippen molar-refractivity contribution in [3.05, 3.63) is 0 Å². The fourth-order valence-corrected chi connectivity index (χ4v) is 4.15. The van der Waals surface area contributed by atoms with E-state index in [1.807, 2.05) is 0 Å². The van der Waals surface area contributed by atoms with Crippen molar-refractivity contribution >= 4 is 5.91 Å². The van der Waals surface area contributed by atoms with Crippen molar-refractivity contribution < 1.29 is 4.79 Å². The van der Waals surface area contributed by atoms with E-state index in [9.17, 15) is 4.79 Å². The number of likely N-dealkylation sites (tertiary alicyclic amines) is 1. The van der Waals surface area contributed by atoms with Gasteiger partial charge in [0.2, 0.25) is 5.91 Å². The number of nitrogens with two attached hydrogens (primary N) is 1. The van der Waals surface area contributed by atoms with Gasteiger partial charge in [-0.1, -0.05) is 27.2 Å². The second-order valence-corrected chi connectivity index (χ2v) is 7.43. The third kappa shape index (κ3) is 3.59. The zero-order valence-corrected chi connectivity index (χ0v) is 14.1. The first-order chi connectivity index (χ1) is 9.95. The monoisotopic (exact) mass is 295 g/mol. The Morgan fingerprint density at radius 2 is 1.95 bits per heavy atom. The lowest BCUT2D eigenvalue weighted by Crippen LogP contribution is -2.61. The molecule has 1 aliphatic carbocycles. The van der Waals surface area contributed by atoms with Gasteiger partial charge >= 0.3 is 0 Å². The number of primary amides is 1. The Morgan fingerprint density at radius 3 is 2.48 bits per heavy atom. The van der Waals surface area contributed by atoms with Crippen molar-refractivity contribution in [3.8, 4) is 0 Å². The highest BCUT2D eigenvalue weighted by Gasteiger charge is 2.43. The second-order valence-electron chi connectivity index (χ2n) is 7.43. The van der Waals surface area contributed by atoms with Crippen LogP contribution in [0.3, 0.4) is 0 Å². The molecule has 3 N–H and O–H groups in total. The zero-order chi connectivity index (χ0) is 15.5. The molecule has 1 amide bonds. The van der Waals surface area contributed by atoms with E-state index in [4.69, 9.17) is 5.73 Å². The molecule has 0 spiro atoms. The summed E-state index contributed by atoms with van der Waals surface area (Å²) in [5, 5.41) is 3.39. The Bertz CT molecular complexity index is 359. The van der Waals surface area contributed by atoms with Crippen molar-refractivity contribution in [1.82, 2.24) is 10.2 Å². The van der Waals surface area contributed by atoms with Crippen LogP contribution in [-0.4, -0.2) is 42.0 Å². The normalized spacial score (nSPS) is 33.8. The van der Waals surface area contributed by atoms with Crippen molar-refractivity contribution in [3.63, 3.8) is 0 Å². The van der Waals surface area contributed by atoms with Crippen LogP contribution in [0.15, 0.2) is 0 Å². The van der Waals surface area contributed by atoms with Gasteiger partial charge in [-0.2, -0.15) is 0 Å². The van der Waals surface area contributed by atoms with Gasteiger partial charge in [-0.25, -0.2) is 0 Å². The van der Waals surface area contributed by atoms with E-state index in [0.717, 1.165) is 25.8 Å². The van der Waals surface area contributed by atoms with E-state index < -0.39 is 5.54 Å². The van der Waals surface area contributed by atoms with Gasteiger partial charge in [-0.05, 0) is 63.6 Å². The van der Waals surface area contributed by atoms with Gasteiger partial charge in [-0.3, -0.25) is 4.79 Å². The largest absolute Gasteiger partial charge is 0.368 e. The summed E-state index contributed by atoms with van der Waals surface area (Å²) in [7, 11) is 0. The average Bonchev–Trinajstić information content (AvgIpc) is 2.48. The lowest BCUT2D eigenvalue weighted by molar-refractivity contribution is -0.127. The fourth-order valence-electron chi connectivity index (χ4n) is 4.15. The minimum absolute atomic E-state index is 0.163. The molecule has 122 valence electrons. The average molecular weight is 295 g/mol. The van der Waals surface area contributed by atoms with Crippen LogP contribution in [0, 0.1) is 5.41 Å². The molecule has 2 atom stereocenters.